The first-order chi connectivity index (χ1) is 10.3. The molecule has 24 heavy (non-hydrogen) atoms. The summed E-state index contributed by atoms with van der Waals surface area (Å²) >= 11 is 5.11. The summed E-state index contributed by atoms with van der Waals surface area (Å²) in [6.45, 7) is 0. The lowest BCUT2D eigenvalue weighted by Crippen LogP contribution is -2.56. The van der Waals surface area contributed by atoms with Crippen LogP contribution < -0.4 is 5.73 Å². The lowest BCUT2D eigenvalue weighted by atomic mass is 10.2. The standard InChI is InChI=1S/C10H6Br2F9NOS/c11-5-1-4(2-6(12)7(5)22)24(20,21,23)10(18,19)8(13,14)3-9(15,16)17/h1-2H,3,22H2. The number of rotatable bonds is 4. The predicted octanol–water partition coefficient (Wildman–Crippen LogP) is 5.92. The number of nitrogen functional groups attached to an aromatic ring is 1. The highest BCUT2D eigenvalue weighted by Crippen LogP contribution is 2.60. The van der Waals surface area contributed by atoms with E-state index >= 15 is 0 Å². The quantitative estimate of drug-likeness (QED) is 0.305. The van der Waals surface area contributed by atoms with E-state index in [4.69, 9.17) is 5.73 Å². The van der Waals surface area contributed by atoms with Gasteiger partial charge in [0.2, 0.25) is 0 Å². The van der Waals surface area contributed by atoms with Crippen LogP contribution in [0.25, 0.3) is 0 Å². The molecule has 0 radical (unpaired) electrons. The summed E-state index contributed by atoms with van der Waals surface area (Å²) < 4.78 is 128. The Kier molecular flexibility index (Phi) is 5.17. The Labute approximate surface area is 145 Å². The van der Waals surface area contributed by atoms with Crippen molar-refractivity contribution in [3.8, 4) is 0 Å². The zero-order valence-electron chi connectivity index (χ0n) is 10.9. The first-order valence-electron chi connectivity index (χ1n) is 5.48. The lowest BCUT2D eigenvalue weighted by Gasteiger charge is -2.38. The average molecular weight is 519 g/mol. The largest absolute Gasteiger partial charge is 0.416 e. The molecular weight excluding hydrogens is 513 g/mol. The van der Waals surface area contributed by atoms with E-state index in [0.717, 1.165) is 0 Å². The Hall–Kier alpha value is -0.500. The van der Waals surface area contributed by atoms with Crippen molar-refractivity contribution in [2.45, 2.75) is 28.7 Å². The molecule has 14 heteroatoms. The van der Waals surface area contributed by atoms with Crippen molar-refractivity contribution in [1.82, 2.24) is 0 Å². The third-order valence-electron chi connectivity index (χ3n) is 2.72. The minimum atomic E-state index is -8.77. The van der Waals surface area contributed by atoms with Crippen LogP contribution in [-0.2, 0) is 9.84 Å². The fourth-order valence-electron chi connectivity index (χ4n) is 1.51. The lowest BCUT2D eigenvalue weighted by molar-refractivity contribution is -0.238. The number of anilines is 1. The highest BCUT2D eigenvalue weighted by atomic mass is 79.9. The van der Waals surface area contributed by atoms with E-state index in [1.807, 2.05) is 0 Å². The molecule has 1 rings (SSSR count). The van der Waals surface area contributed by atoms with Gasteiger partial charge in [-0.3, -0.25) is 0 Å². The zero-order valence-corrected chi connectivity index (χ0v) is 14.9. The third kappa shape index (κ3) is 3.54. The number of alkyl halides is 7. The van der Waals surface area contributed by atoms with E-state index in [9.17, 15) is 42.7 Å². The molecule has 0 fully saturated rings. The molecule has 2 nitrogen and oxygen atoms in total. The van der Waals surface area contributed by atoms with Crippen molar-refractivity contribution in [2.75, 3.05) is 5.73 Å². The van der Waals surface area contributed by atoms with Crippen LogP contribution in [0, 0.1) is 0 Å². The summed E-state index contributed by atoms with van der Waals surface area (Å²) in [6, 6.07) is 0.152. The normalized spacial score (nSPS) is 15.9. The van der Waals surface area contributed by atoms with Gasteiger partial charge in [0.1, 0.15) is 6.42 Å². The molecule has 0 saturated heterocycles. The first-order valence-corrected chi connectivity index (χ1v) is 8.84. The summed E-state index contributed by atoms with van der Waals surface area (Å²) in [5.41, 5.74) is 4.99. The number of halogens is 11. The fraction of sp³-hybridized carbons (Fsp3) is 0.400. The van der Waals surface area contributed by atoms with Gasteiger partial charge in [-0.1, -0.05) is 0 Å². The van der Waals surface area contributed by atoms with Crippen LogP contribution in [0.15, 0.2) is 26.0 Å². The second kappa shape index (κ2) is 5.76. The summed E-state index contributed by atoms with van der Waals surface area (Å²) in [5, 5.41) is -6.80. The van der Waals surface area contributed by atoms with Crippen LogP contribution in [0.5, 0.6) is 0 Å². The van der Waals surface area contributed by atoms with E-state index in [1.165, 1.54) is 0 Å². The van der Waals surface area contributed by atoms with Crippen molar-refractivity contribution in [1.29, 1.82) is 0 Å². The summed E-state index contributed by atoms with van der Waals surface area (Å²) in [6.07, 6.45) is -9.47. The van der Waals surface area contributed by atoms with E-state index in [-0.39, 0.29) is 17.8 Å². The second-order valence-corrected chi connectivity index (χ2v) is 8.79. The number of nitrogens with two attached hydrogens (primary N) is 1. The molecule has 0 amide bonds. The van der Waals surface area contributed by atoms with Crippen molar-refractivity contribution in [2.24, 2.45) is 0 Å². The SMILES string of the molecule is Nc1c(Br)cc(S(=O)(F)(F)C(F)(F)C(F)(F)CC(F)(F)F)cc1Br. The number of benzene rings is 1. The minimum absolute atomic E-state index is 0.0759. The van der Waals surface area contributed by atoms with Gasteiger partial charge >= 0.3 is 17.4 Å². The monoisotopic (exact) mass is 517 g/mol. The Balaban J connectivity index is 3.62. The predicted molar refractivity (Wildman–Crippen MR) is 75.4 cm³/mol. The molecule has 0 spiro atoms. The molecule has 0 aliphatic carbocycles. The molecule has 0 aliphatic heterocycles. The van der Waals surface area contributed by atoms with Gasteiger partial charge in [-0.25, -0.2) is 4.21 Å². The Bertz CT molecular complexity index is 705. The van der Waals surface area contributed by atoms with Crippen LogP contribution >= 0.6 is 31.9 Å². The van der Waals surface area contributed by atoms with E-state index in [0.29, 0.717) is 0 Å². The van der Waals surface area contributed by atoms with Crippen LogP contribution in [0.1, 0.15) is 6.42 Å². The molecule has 0 bridgehead atoms. The Morgan fingerprint density at radius 2 is 1.33 bits per heavy atom. The summed E-state index contributed by atoms with van der Waals surface area (Å²) in [4.78, 5) is -2.09. The number of hydrogen-bond donors (Lipinski definition) is 1. The van der Waals surface area contributed by atoms with Crippen molar-refractivity contribution in [3.63, 3.8) is 0 Å². The van der Waals surface area contributed by atoms with Crippen molar-refractivity contribution < 1.29 is 42.7 Å². The molecule has 2 N–H and O–H groups in total. The topological polar surface area (TPSA) is 43.1 Å². The van der Waals surface area contributed by atoms with E-state index in [2.05, 4.69) is 31.9 Å². The van der Waals surface area contributed by atoms with Crippen LogP contribution in [0.4, 0.5) is 44.2 Å². The van der Waals surface area contributed by atoms with Gasteiger partial charge in [0.05, 0.1) is 10.6 Å². The number of hydrogen-bond acceptors (Lipinski definition) is 2. The zero-order chi connectivity index (χ0) is 19.4. The molecule has 0 aromatic heterocycles. The highest BCUT2D eigenvalue weighted by Gasteiger charge is 2.77. The van der Waals surface area contributed by atoms with Crippen LogP contribution in [0.3, 0.4) is 0 Å². The van der Waals surface area contributed by atoms with Gasteiger partial charge in [-0.2, -0.15) is 30.7 Å². The molecule has 0 heterocycles. The van der Waals surface area contributed by atoms with Crippen molar-refractivity contribution in [3.05, 3.63) is 21.1 Å². The van der Waals surface area contributed by atoms with Gasteiger partial charge in [-0.15, -0.1) is 7.77 Å². The summed E-state index contributed by atoms with van der Waals surface area (Å²) in [7, 11) is -8.77. The van der Waals surface area contributed by atoms with Gasteiger partial charge < -0.3 is 5.73 Å². The van der Waals surface area contributed by atoms with Gasteiger partial charge in [0.25, 0.3) is 9.84 Å². The summed E-state index contributed by atoms with van der Waals surface area (Å²) in [5.74, 6) is -6.32. The Morgan fingerprint density at radius 1 is 0.958 bits per heavy atom. The van der Waals surface area contributed by atoms with E-state index in [1.54, 1.807) is 0 Å². The minimum Gasteiger partial charge on any atom is -0.397 e. The highest BCUT2D eigenvalue weighted by molar-refractivity contribution is 9.11. The van der Waals surface area contributed by atoms with Gasteiger partial charge in [-0.05, 0) is 44.0 Å². The first kappa shape index (κ1) is 21.5. The smallest absolute Gasteiger partial charge is 0.397 e. The third-order valence-corrected chi connectivity index (χ3v) is 6.20. The molecule has 1 aromatic rings. The fourth-order valence-corrected chi connectivity index (χ4v) is 4.49. The maximum atomic E-state index is 14.1. The molecule has 140 valence electrons. The van der Waals surface area contributed by atoms with Gasteiger partial charge in [0.15, 0.2) is 0 Å². The van der Waals surface area contributed by atoms with Crippen LogP contribution in [-0.4, -0.2) is 21.6 Å². The second-order valence-electron chi connectivity index (χ2n) is 4.58. The molecule has 0 saturated carbocycles. The molecule has 1 aromatic carbocycles. The Morgan fingerprint density at radius 3 is 1.67 bits per heavy atom. The molecule has 0 atom stereocenters. The maximum Gasteiger partial charge on any atom is 0.416 e. The van der Waals surface area contributed by atoms with Gasteiger partial charge in [0, 0.05) is 8.95 Å². The molecule has 0 aliphatic rings. The van der Waals surface area contributed by atoms with E-state index < -0.39 is 47.5 Å². The average Bonchev–Trinajstić information content (AvgIpc) is 2.31. The van der Waals surface area contributed by atoms with Crippen molar-refractivity contribution >= 4 is 47.4 Å². The molecule has 0 unspecified atom stereocenters. The maximum absolute atomic E-state index is 14.1. The molecular formula is C10H6Br2F9NOS. The van der Waals surface area contributed by atoms with Crippen LogP contribution in [0.2, 0.25) is 0 Å².